The highest BCUT2D eigenvalue weighted by Crippen LogP contribution is 2.24. The predicted octanol–water partition coefficient (Wildman–Crippen LogP) is 4.11. The number of nitrogens with zero attached hydrogens (tertiary/aromatic N) is 3. The summed E-state index contributed by atoms with van der Waals surface area (Å²) in [5.74, 6) is 1.64. The zero-order valence-corrected chi connectivity index (χ0v) is 18.4. The Bertz CT molecular complexity index is 1000. The van der Waals surface area contributed by atoms with Crippen LogP contribution in [0.2, 0.25) is 0 Å². The van der Waals surface area contributed by atoms with Gasteiger partial charge in [-0.25, -0.2) is 0 Å². The molecule has 1 aromatic carbocycles. The number of hydrogen-bond acceptors (Lipinski definition) is 6. The Hall–Kier alpha value is -2.55. The summed E-state index contributed by atoms with van der Waals surface area (Å²) in [7, 11) is 3.43. The number of furan rings is 1. The Morgan fingerprint density at radius 1 is 1.30 bits per heavy atom. The minimum absolute atomic E-state index is 0.218. The number of aromatic nitrogens is 3. The number of carbonyl (C=O) groups excluding carboxylic acids is 1. The smallest absolute Gasteiger partial charge is 0.287 e. The normalized spacial score (nSPS) is 12.0. The Balaban J connectivity index is 1.83. The minimum Gasteiger partial charge on any atom is -0.453 e. The van der Waals surface area contributed by atoms with E-state index in [0.717, 1.165) is 5.56 Å². The Morgan fingerprint density at radius 3 is 2.77 bits per heavy atom. The van der Waals surface area contributed by atoms with Crippen molar-refractivity contribution in [2.24, 2.45) is 7.05 Å². The number of ether oxygens (including phenoxy) is 1. The van der Waals surface area contributed by atoms with Gasteiger partial charge >= 0.3 is 0 Å². The van der Waals surface area contributed by atoms with Crippen LogP contribution < -0.4 is 5.32 Å². The fourth-order valence-corrected chi connectivity index (χ4v) is 3.74. The van der Waals surface area contributed by atoms with Crippen LogP contribution in [0.25, 0.3) is 0 Å². The van der Waals surface area contributed by atoms with Gasteiger partial charge in [0, 0.05) is 24.9 Å². The summed E-state index contributed by atoms with van der Waals surface area (Å²) in [5.41, 5.74) is 1.06. The standard InChI is InChI=1S/C21H23ClN4O3S/c1-14(22)13-30-21-25-24-19(26(21)2)17(11-15-7-5-4-6-8-15)23-20(27)18-10-9-16(29-18)12-28-3/h4-10,17H,1,11-13H2,2-3H3,(H,23,27)/t17-/m1/s1. The molecule has 0 aliphatic heterocycles. The van der Waals surface area contributed by atoms with E-state index in [4.69, 9.17) is 20.8 Å². The number of benzene rings is 1. The van der Waals surface area contributed by atoms with Crippen LogP contribution >= 0.6 is 23.4 Å². The third kappa shape index (κ3) is 5.75. The van der Waals surface area contributed by atoms with Crippen LogP contribution in [0, 0.1) is 0 Å². The van der Waals surface area contributed by atoms with Gasteiger partial charge in [0.05, 0.1) is 6.04 Å². The molecule has 30 heavy (non-hydrogen) atoms. The molecule has 0 spiro atoms. The lowest BCUT2D eigenvalue weighted by molar-refractivity contribution is 0.0897. The molecule has 0 unspecified atom stereocenters. The SMILES string of the molecule is C=C(Cl)CSc1nnc([C@@H](Cc2ccccc2)NC(=O)c2ccc(COC)o2)n1C. The molecule has 0 bridgehead atoms. The predicted molar refractivity (Wildman–Crippen MR) is 116 cm³/mol. The lowest BCUT2D eigenvalue weighted by Crippen LogP contribution is -2.31. The van der Waals surface area contributed by atoms with E-state index in [1.54, 1.807) is 19.2 Å². The van der Waals surface area contributed by atoms with Crippen molar-refractivity contribution in [3.05, 3.63) is 77.0 Å². The number of carbonyl (C=O) groups is 1. The fraction of sp³-hybridized carbons (Fsp3) is 0.286. The molecule has 2 heterocycles. The molecule has 0 saturated carbocycles. The molecule has 1 atom stereocenters. The van der Waals surface area contributed by atoms with Gasteiger partial charge in [-0.2, -0.15) is 0 Å². The number of hydrogen-bond donors (Lipinski definition) is 1. The van der Waals surface area contributed by atoms with Crippen molar-refractivity contribution in [2.75, 3.05) is 12.9 Å². The minimum atomic E-state index is -0.401. The Labute approximate surface area is 184 Å². The summed E-state index contributed by atoms with van der Waals surface area (Å²) >= 11 is 7.31. The van der Waals surface area contributed by atoms with Gasteiger partial charge < -0.3 is 19.0 Å². The number of nitrogens with one attached hydrogen (secondary N) is 1. The summed E-state index contributed by atoms with van der Waals surface area (Å²) in [5, 5.41) is 12.8. The van der Waals surface area contributed by atoms with E-state index in [2.05, 4.69) is 22.1 Å². The molecule has 3 rings (SSSR count). The third-order valence-electron chi connectivity index (χ3n) is 4.30. The molecule has 0 saturated heterocycles. The molecule has 3 aromatic rings. The highest BCUT2D eigenvalue weighted by Gasteiger charge is 2.24. The van der Waals surface area contributed by atoms with E-state index in [0.29, 0.717) is 40.6 Å². The Morgan fingerprint density at radius 2 is 2.07 bits per heavy atom. The summed E-state index contributed by atoms with van der Waals surface area (Å²) in [6.45, 7) is 4.00. The maximum absolute atomic E-state index is 12.8. The Kier molecular flexibility index (Phi) is 7.73. The lowest BCUT2D eigenvalue weighted by atomic mass is 10.1. The van der Waals surface area contributed by atoms with Crippen molar-refractivity contribution in [3.63, 3.8) is 0 Å². The van der Waals surface area contributed by atoms with Gasteiger partial charge in [-0.1, -0.05) is 60.3 Å². The maximum atomic E-state index is 12.8. The first kappa shape index (κ1) is 22.1. The highest BCUT2D eigenvalue weighted by molar-refractivity contribution is 7.99. The average molecular weight is 447 g/mol. The molecule has 1 amide bonds. The van der Waals surface area contributed by atoms with Crippen molar-refractivity contribution in [1.29, 1.82) is 0 Å². The number of halogens is 1. The van der Waals surface area contributed by atoms with Gasteiger partial charge in [0.2, 0.25) is 0 Å². The summed E-state index contributed by atoms with van der Waals surface area (Å²) in [6, 6.07) is 12.8. The first-order valence-corrected chi connectivity index (χ1v) is 10.6. The van der Waals surface area contributed by atoms with Crippen LogP contribution in [0.4, 0.5) is 0 Å². The first-order valence-electron chi connectivity index (χ1n) is 9.25. The van der Waals surface area contributed by atoms with Crippen LogP contribution in [0.3, 0.4) is 0 Å². The van der Waals surface area contributed by atoms with Crippen LogP contribution in [-0.2, 0) is 24.8 Å². The number of amides is 1. The molecule has 0 aliphatic carbocycles. The molecule has 158 valence electrons. The van der Waals surface area contributed by atoms with E-state index in [9.17, 15) is 4.79 Å². The summed E-state index contributed by atoms with van der Waals surface area (Å²) in [6.07, 6.45) is 0.553. The van der Waals surface area contributed by atoms with E-state index >= 15 is 0 Å². The van der Waals surface area contributed by atoms with Crippen LogP contribution in [-0.4, -0.2) is 33.5 Å². The average Bonchev–Trinajstić information content (AvgIpc) is 3.34. The second-order valence-electron chi connectivity index (χ2n) is 6.62. The molecule has 0 aliphatic rings. The third-order valence-corrected chi connectivity index (χ3v) is 5.70. The second-order valence-corrected chi connectivity index (χ2v) is 8.10. The number of methoxy groups -OCH3 is 1. The molecule has 7 nitrogen and oxygen atoms in total. The van der Waals surface area contributed by atoms with E-state index in [1.165, 1.54) is 11.8 Å². The van der Waals surface area contributed by atoms with Crippen molar-refractivity contribution in [1.82, 2.24) is 20.1 Å². The van der Waals surface area contributed by atoms with Crippen LogP contribution in [0.1, 0.15) is 33.7 Å². The zero-order valence-electron chi connectivity index (χ0n) is 16.8. The fourth-order valence-electron chi connectivity index (χ4n) is 2.90. The molecular weight excluding hydrogens is 424 g/mol. The number of rotatable bonds is 10. The molecular formula is C21H23ClN4O3S. The van der Waals surface area contributed by atoms with Crippen LogP contribution in [0.5, 0.6) is 0 Å². The van der Waals surface area contributed by atoms with Crippen molar-refractivity contribution in [2.45, 2.75) is 24.2 Å². The van der Waals surface area contributed by atoms with Gasteiger partial charge in [-0.3, -0.25) is 4.79 Å². The maximum Gasteiger partial charge on any atom is 0.287 e. The van der Waals surface area contributed by atoms with Crippen LogP contribution in [0.15, 0.2) is 63.6 Å². The van der Waals surface area contributed by atoms with Gasteiger partial charge in [0.25, 0.3) is 5.91 Å². The number of thioether (sulfide) groups is 1. The van der Waals surface area contributed by atoms with Gasteiger partial charge in [0.1, 0.15) is 12.4 Å². The van der Waals surface area contributed by atoms with Crippen molar-refractivity contribution in [3.8, 4) is 0 Å². The summed E-state index contributed by atoms with van der Waals surface area (Å²) < 4.78 is 12.5. The monoisotopic (exact) mass is 446 g/mol. The van der Waals surface area contributed by atoms with Gasteiger partial charge in [0.15, 0.2) is 16.7 Å². The van der Waals surface area contributed by atoms with Gasteiger partial charge in [-0.15, -0.1) is 10.2 Å². The quantitative estimate of drug-likeness (QED) is 0.472. The lowest BCUT2D eigenvalue weighted by Gasteiger charge is -2.18. The summed E-state index contributed by atoms with van der Waals surface area (Å²) in [4.78, 5) is 12.8. The zero-order chi connectivity index (χ0) is 21.5. The second kappa shape index (κ2) is 10.5. The van der Waals surface area contributed by atoms with E-state index in [1.807, 2.05) is 41.9 Å². The highest BCUT2D eigenvalue weighted by atomic mass is 35.5. The molecule has 0 fully saturated rings. The van der Waals surface area contributed by atoms with E-state index in [-0.39, 0.29) is 11.7 Å². The molecule has 9 heteroatoms. The molecule has 2 aromatic heterocycles. The molecule has 1 N–H and O–H groups in total. The molecule has 0 radical (unpaired) electrons. The first-order chi connectivity index (χ1) is 14.5. The van der Waals surface area contributed by atoms with E-state index < -0.39 is 6.04 Å². The van der Waals surface area contributed by atoms with Gasteiger partial charge in [-0.05, 0) is 24.1 Å². The van der Waals surface area contributed by atoms with Crippen molar-refractivity contribution >= 4 is 29.3 Å². The largest absolute Gasteiger partial charge is 0.453 e. The topological polar surface area (TPSA) is 82.2 Å². The van der Waals surface area contributed by atoms with Crippen molar-refractivity contribution < 1.29 is 13.9 Å².